The summed E-state index contributed by atoms with van der Waals surface area (Å²) in [6.45, 7) is 7.21. The fraction of sp³-hybridized carbons (Fsp3) is 0.647. The Morgan fingerprint density at radius 3 is 2.56 bits per heavy atom. The highest BCUT2D eigenvalue weighted by molar-refractivity contribution is 5.27. The van der Waals surface area contributed by atoms with Crippen LogP contribution in [0.3, 0.4) is 0 Å². The molecule has 18 heavy (non-hydrogen) atoms. The number of piperidine rings is 1. The molecule has 1 nitrogen and oxygen atoms in total. The van der Waals surface area contributed by atoms with E-state index in [2.05, 4.69) is 43.0 Å². The maximum atomic E-state index is 2.71. The fourth-order valence-electron chi connectivity index (χ4n) is 3.68. The normalized spacial score (nSPS) is 28.6. The monoisotopic (exact) mass is 243 g/mol. The minimum absolute atomic E-state index is 0.649. The molecule has 2 saturated heterocycles. The molecule has 1 aromatic carbocycles. The largest absolute Gasteiger partial charge is 0.300 e. The van der Waals surface area contributed by atoms with Gasteiger partial charge in [0.25, 0.3) is 0 Å². The van der Waals surface area contributed by atoms with Crippen molar-refractivity contribution in [3.8, 4) is 0 Å². The lowest BCUT2D eigenvalue weighted by atomic mass is 9.85. The molecule has 2 unspecified atom stereocenters. The van der Waals surface area contributed by atoms with Gasteiger partial charge in [0, 0.05) is 6.04 Å². The van der Waals surface area contributed by atoms with E-state index in [9.17, 15) is 0 Å². The zero-order chi connectivity index (χ0) is 12.5. The van der Waals surface area contributed by atoms with Gasteiger partial charge < -0.3 is 4.90 Å². The average Bonchev–Trinajstić information content (AvgIpc) is 2.86. The van der Waals surface area contributed by atoms with E-state index < -0.39 is 0 Å². The molecule has 0 bridgehead atoms. The van der Waals surface area contributed by atoms with Crippen molar-refractivity contribution in [1.82, 2.24) is 4.90 Å². The molecule has 0 spiro atoms. The van der Waals surface area contributed by atoms with Crippen LogP contribution in [0.15, 0.2) is 24.3 Å². The van der Waals surface area contributed by atoms with Gasteiger partial charge in [-0.3, -0.25) is 0 Å². The van der Waals surface area contributed by atoms with Crippen LogP contribution in [0.5, 0.6) is 0 Å². The third-order valence-electron chi connectivity index (χ3n) is 4.89. The van der Waals surface area contributed by atoms with Gasteiger partial charge in [0.1, 0.15) is 0 Å². The van der Waals surface area contributed by atoms with Crippen molar-refractivity contribution in [3.05, 3.63) is 35.4 Å². The summed E-state index contributed by atoms with van der Waals surface area (Å²) in [7, 11) is 0. The Balaban J connectivity index is 1.71. The second-order valence-electron chi connectivity index (χ2n) is 6.37. The van der Waals surface area contributed by atoms with Crippen LogP contribution in [-0.2, 0) is 0 Å². The third-order valence-corrected chi connectivity index (χ3v) is 4.89. The quantitative estimate of drug-likeness (QED) is 0.754. The van der Waals surface area contributed by atoms with Gasteiger partial charge in [-0.1, -0.05) is 38.1 Å². The van der Waals surface area contributed by atoms with Crippen molar-refractivity contribution in [2.45, 2.75) is 57.4 Å². The Bertz CT molecular complexity index is 393. The van der Waals surface area contributed by atoms with Crippen molar-refractivity contribution < 1.29 is 0 Å². The Morgan fingerprint density at radius 2 is 1.83 bits per heavy atom. The Labute approximate surface area is 111 Å². The van der Waals surface area contributed by atoms with Crippen LogP contribution in [0, 0.1) is 0 Å². The Morgan fingerprint density at radius 1 is 1.06 bits per heavy atom. The van der Waals surface area contributed by atoms with Crippen molar-refractivity contribution in [1.29, 1.82) is 0 Å². The summed E-state index contributed by atoms with van der Waals surface area (Å²) >= 11 is 0. The van der Waals surface area contributed by atoms with Gasteiger partial charge in [0.15, 0.2) is 0 Å². The van der Waals surface area contributed by atoms with E-state index in [0.29, 0.717) is 5.92 Å². The van der Waals surface area contributed by atoms with Crippen LogP contribution >= 0.6 is 0 Å². The smallest absolute Gasteiger partial charge is 0.0102 e. The van der Waals surface area contributed by atoms with Gasteiger partial charge in [-0.2, -0.15) is 0 Å². The third kappa shape index (κ3) is 2.33. The summed E-state index contributed by atoms with van der Waals surface area (Å²) in [6, 6.07) is 10.3. The molecule has 3 rings (SSSR count). The maximum absolute atomic E-state index is 2.71. The summed E-state index contributed by atoms with van der Waals surface area (Å²) in [5.41, 5.74) is 3.04. The number of nitrogens with zero attached hydrogens (tertiary/aromatic N) is 1. The van der Waals surface area contributed by atoms with E-state index in [-0.39, 0.29) is 0 Å². The molecule has 0 N–H and O–H groups in total. The number of fused-ring (bicyclic) bond motifs is 1. The zero-order valence-electron chi connectivity index (χ0n) is 11.7. The highest BCUT2D eigenvalue weighted by atomic mass is 15.2. The topological polar surface area (TPSA) is 3.24 Å². The van der Waals surface area contributed by atoms with Crippen molar-refractivity contribution >= 4 is 0 Å². The van der Waals surface area contributed by atoms with E-state index in [1.165, 1.54) is 44.3 Å². The van der Waals surface area contributed by atoms with Crippen molar-refractivity contribution in [2.75, 3.05) is 13.1 Å². The lowest BCUT2D eigenvalue weighted by Crippen LogP contribution is -2.37. The fourth-order valence-corrected chi connectivity index (χ4v) is 3.68. The summed E-state index contributed by atoms with van der Waals surface area (Å²) in [5.74, 6) is 1.46. The molecule has 0 radical (unpaired) electrons. The van der Waals surface area contributed by atoms with E-state index in [0.717, 1.165) is 12.0 Å². The lowest BCUT2D eigenvalue weighted by Gasteiger charge is -2.35. The highest BCUT2D eigenvalue weighted by Gasteiger charge is 2.32. The van der Waals surface area contributed by atoms with Crippen LogP contribution in [0.25, 0.3) is 0 Å². The van der Waals surface area contributed by atoms with E-state index >= 15 is 0 Å². The number of benzene rings is 1. The number of hydrogen-bond donors (Lipinski definition) is 0. The molecule has 0 aliphatic carbocycles. The minimum atomic E-state index is 0.649. The first-order chi connectivity index (χ1) is 8.74. The van der Waals surface area contributed by atoms with Crippen LogP contribution in [0.2, 0.25) is 0 Å². The molecule has 0 amide bonds. The van der Waals surface area contributed by atoms with Gasteiger partial charge in [-0.05, 0) is 61.7 Å². The first kappa shape index (κ1) is 12.2. The Hall–Kier alpha value is -0.820. The van der Waals surface area contributed by atoms with Crippen LogP contribution in [-0.4, -0.2) is 24.0 Å². The number of rotatable bonds is 2. The van der Waals surface area contributed by atoms with Gasteiger partial charge in [0.2, 0.25) is 0 Å². The molecular formula is C17H25N. The molecule has 98 valence electrons. The van der Waals surface area contributed by atoms with E-state index in [4.69, 9.17) is 0 Å². The summed E-state index contributed by atoms with van der Waals surface area (Å²) < 4.78 is 0. The second kappa shape index (κ2) is 5.05. The molecule has 1 aromatic rings. The molecule has 1 heteroatoms. The van der Waals surface area contributed by atoms with Gasteiger partial charge in [-0.15, -0.1) is 0 Å². The second-order valence-corrected chi connectivity index (χ2v) is 6.37. The Kier molecular flexibility index (Phi) is 3.43. The average molecular weight is 243 g/mol. The van der Waals surface area contributed by atoms with Crippen LogP contribution in [0.1, 0.15) is 62.5 Å². The van der Waals surface area contributed by atoms with E-state index in [1.807, 2.05) is 0 Å². The maximum Gasteiger partial charge on any atom is 0.0102 e. The summed E-state index contributed by atoms with van der Waals surface area (Å²) in [4.78, 5) is 2.71. The lowest BCUT2D eigenvalue weighted by molar-refractivity contribution is 0.181. The standard InChI is InChI=1S/C17H25N/c1-13(2)14-5-7-15(8-6-14)16-9-11-18-10-3-4-17(18)12-16/h5-8,13,16-17H,3-4,9-12H2,1-2H3. The first-order valence-electron chi connectivity index (χ1n) is 7.58. The zero-order valence-corrected chi connectivity index (χ0v) is 11.7. The molecule has 0 aromatic heterocycles. The SMILES string of the molecule is CC(C)c1ccc(C2CCN3CCCC3C2)cc1. The number of hydrogen-bond acceptors (Lipinski definition) is 1. The summed E-state index contributed by atoms with van der Waals surface area (Å²) in [6.07, 6.45) is 5.60. The summed E-state index contributed by atoms with van der Waals surface area (Å²) in [5, 5.41) is 0. The minimum Gasteiger partial charge on any atom is -0.300 e. The molecule has 0 saturated carbocycles. The van der Waals surface area contributed by atoms with Gasteiger partial charge in [0.05, 0.1) is 0 Å². The van der Waals surface area contributed by atoms with Gasteiger partial charge >= 0.3 is 0 Å². The van der Waals surface area contributed by atoms with Crippen LogP contribution in [0.4, 0.5) is 0 Å². The molecule has 2 aliphatic rings. The highest BCUT2D eigenvalue weighted by Crippen LogP contribution is 2.36. The van der Waals surface area contributed by atoms with E-state index in [1.54, 1.807) is 5.56 Å². The molecule has 2 aliphatic heterocycles. The molecule has 2 fully saturated rings. The first-order valence-corrected chi connectivity index (χ1v) is 7.58. The predicted octanol–water partition coefficient (Wildman–Crippen LogP) is 4.15. The van der Waals surface area contributed by atoms with Gasteiger partial charge in [-0.25, -0.2) is 0 Å². The predicted molar refractivity (Wildman–Crippen MR) is 77.1 cm³/mol. The molecule has 2 atom stereocenters. The van der Waals surface area contributed by atoms with Crippen molar-refractivity contribution in [2.24, 2.45) is 0 Å². The molecule has 2 heterocycles. The van der Waals surface area contributed by atoms with Crippen LogP contribution < -0.4 is 0 Å². The molecular weight excluding hydrogens is 218 g/mol. The van der Waals surface area contributed by atoms with Crippen molar-refractivity contribution in [3.63, 3.8) is 0 Å².